The minimum Gasteiger partial charge on any atom is -0.479 e. The predicted octanol–water partition coefficient (Wildman–Crippen LogP) is 3.90. The highest BCUT2D eigenvalue weighted by molar-refractivity contribution is 5.87. The van der Waals surface area contributed by atoms with Crippen LogP contribution in [0, 0.1) is 11.3 Å². The van der Waals surface area contributed by atoms with Gasteiger partial charge >= 0.3 is 5.97 Å². The number of benzene rings is 3. The lowest BCUT2D eigenvalue weighted by Crippen LogP contribution is -2.34. The number of fused-ring (bicyclic) bond motifs is 1. The Balaban J connectivity index is 1.51. The van der Waals surface area contributed by atoms with E-state index < -0.39 is 24.6 Å². The van der Waals surface area contributed by atoms with Crippen LogP contribution in [0.1, 0.15) is 31.0 Å². The fourth-order valence-electron chi connectivity index (χ4n) is 3.10. The van der Waals surface area contributed by atoms with Gasteiger partial charge in [0.05, 0.1) is 17.7 Å². The average molecular weight is 402 g/mol. The summed E-state index contributed by atoms with van der Waals surface area (Å²) in [5, 5.41) is 13.8. The van der Waals surface area contributed by atoms with E-state index >= 15 is 0 Å². The Morgan fingerprint density at radius 2 is 1.70 bits per heavy atom. The summed E-state index contributed by atoms with van der Waals surface area (Å²) >= 11 is 0. The zero-order chi connectivity index (χ0) is 21.5. The zero-order valence-corrected chi connectivity index (χ0v) is 16.8. The molecule has 1 N–H and O–H groups in total. The Morgan fingerprint density at radius 3 is 2.43 bits per heavy atom. The number of rotatable bonds is 7. The molecule has 0 bridgehead atoms. The van der Waals surface area contributed by atoms with Gasteiger partial charge in [-0.25, -0.2) is 4.79 Å². The van der Waals surface area contributed by atoms with E-state index in [2.05, 4.69) is 5.32 Å². The summed E-state index contributed by atoms with van der Waals surface area (Å²) in [4.78, 5) is 24.4. The van der Waals surface area contributed by atoms with E-state index in [0.29, 0.717) is 11.3 Å². The molecule has 0 spiro atoms. The Bertz CT molecular complexity index is 1080. The molecule has 0 aromatic heterocycles. The molecule has 3 aromatic carbocycles. The van der Waals surface area contributed by atoms with Gasteiger partial charge in [0.15, 0.2) is 12.7 Å². The molecule has 0 aliphatic heterocycles. The van der Waals surface area contributed by atoms with E-state index in [1.807, 2.05) is 55.5 Å². The molecule has 3 rings (SSSR count). The predicted molar refractivity (Wildman–Crippen MR) is 113 cm³/mol. The maximum absolute atomic E-state index is 12.3. The SMILES string of the molecule is C[C@H](Oc1ccc(C#N)cc1)C(=O)OCC(=O)N[C@H](C)c1cccc2ccccc12. The van der Waals surface area contributed by atoms with Gasteiger partial charge in [-0.05, 0) is 54.4 Å². The molecule has 0 aliphatic carbocycles. The third-order valence-corrected chi connectivity index (χ3v) is 4.64. The Hall–Kier alpha value is -3.85. The molecule has 0 saturated carbocycles. The summed E-state index contributed by atoms with van der Waals surface area (Å²) in [5.74, 6) is -0.603. The molecule has 3 aromatic rings. The Labute approximate surface area is 175 Å². The van der Waals surface area contributed by atoms with Crippen LogP contribution in [0.2, 0.25) is 0 Å². The summed E-state index contributed by atoms with van der Waals surface area (Å²) in [6.07, 6.45) is -0.888. The fourth-order valence-corrected chi connectivity index (χ4v) is 3.10. The molecular weight excluding hydrogens is 380 g/mol. The lowest BCUT2D eigenvalue weighted by molar-refractivity contribution is -0.154. The van der Waals surface area contributed by atoms with Gasteiger partial charge in [0, 0.05) is 0 Å². The topological polar surface area (TPSA) is 88.4 Å². The summed E-state index contributed by atoms with van der Waals surface area (Å²) in [7, 11) is 0. The number of esters is 1. The van der Waals surface area contributed by atoms with Crippen molar-refractivity contribution in [3.05, 3.63) is 77.9 Å². The second-order valence-electron chi connectivity index (χ2n) is 6.86. The molecule has 6 heteroatoms. The first-order valence-corrected chi connectivity index (χ1v) is 9.58. The summed E-state index contributed by atoms with van der Waals surface area (Å²) < 4.78 is 10.6. The smallest absolute Gasteiger partial charge is 0.347 e. The molecule has 0 heterocycles. The monoisotopic (exact) mass is 402 g/mol. The lowest BCUT2D eigenvalue weighted by Gasteiger charge is -2.17. The van der Waals surface area contributed by atoms with E-state index in [-0.39, 0.29) is 6.04 Å². The van der Waals surface area contributed by atoms with Crippen molar-refractivity contribution in [3.8, 4) is 11.8 Å². The molecule has 0 aliphatic rings. The van der Waals surface area contributed by atoms with Crippen molar-refractivity contribution in [1.29, 1.82) is 5.26 Å². The fraction of sp³-hybridized carbons (Fsp3) is 0.208. The molecule has 6 nitrogen and oxygen atoms in total. The van der Waals surface area contributed by atoms with Crippen LogP contribution in [0.15, 0.2) is 66.7 Å². The quantitative estimate of drug-likeness (QED) is 0.606. The van der Waals surface area contributed by atoms with Gasteiger partial charge < -0.3 is 14.8 Å². The maximum Gasteiger partial charge on any atom is 0.347 e. The van der Waals surface area contributed by atoms with E-state index in [4.69, 9.17) is 14.7 Å². The van der Waals surface area contributed by atoms with Crippen molar-refractivity contribution >= 4 is 22.6 Å². The highest BCUT2D eigenvalue weighted by Crippen LogP contribution is 2.24. The molecule has 0 unspecified atom stereocenters. The third kappa shape index (κ3) is 5.15. The van der Waals surface area contributed by atoms with E-state index in [1.54, 1.807) is 24.3 Å². The van der Waals surface area contributed by atoms with E-state index in [9.17, 15) is 9.59 Å². The van der Waals surface area contributed by atoms with Crippen molar-refractivity contribution in [1.82, 2.24) is 5.32 Å². The molecule has 0 radical (unpaired) electrons. The van der Waals surface area contributed by atoms with Gasteiger partial charge in [-0.1, -0.05) is 42.5 Å². The summed E-state index contributed by atoms with van der Waals surface area (Å²) in [6.45, 7) is 3.03. The van der Waals surface area contributed by atoms with Crippen LogP contribution >= 0.6 is 0 Å². The largest absolute Gasteiger partial charge is 0.479 e. The first-order chi connectivity index (χ1) is 14.5. The number of nitrogens with zero attached hydrogens (tertiary/aromatic N) is 1. The lowest BCUT2D eigenvalue weighted by atomic mass is 10.00. The average Bonchev–Trinajstić information content (AvgIpc) is 2.77. The maximum atomic E-state index is 12.3. The molecule has 0 fully saturated rings. The minimum atomic E-state index is -0.888. The van der Waals surface area contributed by atoms with Crippen molar-refractivity contribution in [2.24, 2.45) is 0 Å². The standard InChI is InChI=1S/C24H22N2O4/c1-16(21-9-5-7-19-6-3-4-8-22(19)21)26-23(27)15-29-24(28)17(2)30-20-12-10-18(14-25)11-13-20/h3-13,16-17H,15H2,1-2H3,(H,26,27)/t16-,17+/m1/s1. The molecule has 2 atom stereocenters. The van der Waals surface area contributed by atoms with Crippen LogP contribution in [0.5, 0.6) is 5.75 Å². The number of hydrogen-bond donors (Lipinski definition) is 1. The van der Waals surface area contributed by atoms with Crippen LogP contribution in [0.25, 0.3) is 10.8 Å². The molecule has 30 heavy (non-hydrogen) atoms. The van der Waals surface area contributed by atoms with Crippen molar-refractivity contribution < 1.29 is 19.1 Å². The van der Waals surface area contributed by atoms with Gasteiger partial charge in [0.2, 0.25) is 0 Å². The minimum absolute atomic E-state index is 0.241. The van der Waals surface area contributed by atoms with Crippen molar-refractivity contribution in [2.45, 2.75) is 26.0 Å². The molecule has 152 valence electrons. The van der Waals surface area contributed by atoms with Crippen molar-refractivity contribution in [2.75, 3.05) is 6.61 Å². The van der Waals surface area contributed by atoms with Crippen LogP contribution < -0.4 is 10.1 Å². The van der Waals surface area contributed by atoms with Gasteiger partial charge in [-0.2, -0.15) is 5.26 Å². The van der Waals surface area contributed by atoms with E-state index in [1.165, 1.54) is 6.92 Å². The second kappa shape index (κ2) is 9.57. The summed E-state index contributed by atoms with van der Waals surface area (Å²) in [6, 6.07) is 22.0. The van der Waals surface area contributed by atoms with Gasteiger partial charge in [0.1, 0.15) is 5.75 Å². The van der Waals surface area contributed by atoms with E-state index in [0.717, 1.165) is 16.3 Å². The molecular formula is C24H22N2O4. The number of hydrogen-bond acceptors (Lipinski definition) is 5. The van der Waals surface area contributed by atoms with Crippen LogP contribution in [0.4, 0.5) is 0 Å². The number of ether oxygens (including phenoxy) is 2. The zero-order valence-electron chi connectivity index (χ0n) is 16.8. The number of carbonyl (C=O) groups is 2. The van der Waals surface area contributed by atoms with Crippen LogP contribution in [-0.2, 0) is 14.3 Å². The van der Waals surface area contributed by atoms with Gasteiger partial charge in [-0.15, -0.1) is 0 Å². The first-order valence-electron chi connectivity index (χ1n) is 9.58. The molecule has 0 saturated heterocycles. The van der Waals surface area contributed by atoms with Gasteiger partial charge in [0.25, 0.3) is 5.91 Å². The van der Waals surface area contributed by atoms with Crippen LogP contribution in [0.3, 0.4) is 0 Å². The number of nitrogens with one attached hydrogen (secondary N) is 1. The van der Waals surface area contributed by atoms with Gasteiger partial charge in [-0.3, -0.25) is 4.79 Å². The van der Waals surface area contributed by atoms with Crippen LogP contribution in [-0.4, -0.2) is 24.6 Å². The molecule has 1 amide bonds. The summed E-state index contributed by atoms with van der Waals surface area (Å²) in [5.41, 5.74) is 1.49. The Morgan fingerprint density at radius 1 is 1.00 bits per heavy atom. The number of nitriles is 1. The highest BCUT2D eigenvalue weighted by atomic mass is 16.6. The Kier molecular flexibility index (Phi) is 6.66. The highest BCUT2D eigenvalue weighted by Gasteiger charge is 2.19. The first kappa shape index (κ1) is 20.9. The number of amides is 1. The van der Waals surface area contributed by atoms with Crippen molar-refractivity contribution in [3.63, 3.8) is 0 Å². The third-order valence-electron chi connectivity index (χ3n) is 4.64. The normalized spacial score (nSPS) is 12.4. The second-order valence-corrected chi connectivity index (χ2v) is 6.86. The number of carbonyl (C=O) groups excluding carboxylic acids is 2.